The van der Waals surface area contributed by atoms with Crippen molar-refractivity contribution in [3.63, 3.8) is 0 Å². The van der Waals surface area contributed by atoms with Crippen LogP contribution in [0.5, 0.6) is 0 Å². The van der Waals surface area contributed by atoms with Gasteiger partial charge in [0, 0.05) is 7.11 Å². The number of benzene rings is 1. The standard InChI is InChI=1S/C10H13O/c1-9(11-2)8-10-6-4-3-5-7-10/h4-7,9H,8H2,1-2H3. The molecular formula is C10H13O. The molecule has 11 heavy (non-hydrogen) atoms. The summed E-state index contributed by atoms with van der Waals surface area (Å²) in [6.45, 7) is 2.07. The third-order valence-corrected chi connectivity index (χ3v) is 1.71. The van der Waals surface area contributed by atoms with Crippen molar-refractivity contribution >= 4 is 0 Å². The summed E-state index contributed by atoms with van der Waals surface area (Å²) in [5.41, 5.74) is 1.30. The summed E-state index contributed by atoms with van der Waals surface area (Å²) in [6, 6.07) is 11.0. The molecule has 1 heteroatoms. The highest BCUT2D eigenvalue weighted by molar-refractivity contribution is 5.14. The molecule has 1 unspecified atom stereocenters. The smallest absolute Gasteiger partial charge is 0.0583 e. The molecule has 0 heterocycles. The Morgan fingerprint density at radius 1 is 1.45 bits per heavy atom. The highest BCUT2D eigenvalue weighted by atomic mass is 16.5. The first-order valence-electron chi connectivity index (χ1n) is 3.80. The summed E-state index contributed by atoms with van der Waals surface area (Å²) >= 11 is 0. The molecular weight excluding hydrogens is 136 g/mol. The zero-order chi connectivity index (χ0) is 8.10. The second-order valence-corrected chi connectivity index (χ2v) is 2.66. The fourth-order valence-electron chi connectivity index (χ4n) is 0.973. The predicted octanol–water partition coefficient (Wildman–Crippen LogP) is 2.06. The van der Waals surface area contributed by atoms with E-state index in [4.69, 9.17) is 4.74 Å². The van der Waals surface area contributed by atoms with Crippen molar-refractivity contribution in [1.82, 2.24) is 0 Å². The monoisotopic (exact) mass is 149 g/mol. The average Bonchev–Trinajstić information content (AvgIpc) is 2.06. The van der Waals surface area contributed by atoms with Gasteiger partial charge in [0.2, 0.25) is 0 Å². The Bertz CT molecular complexity index is 193. The van der Waals surface area contributed by atoms with Crippen molar-refractivity contribution in [3.05, 3.63) is 35.9 Å². The highest BCUT2D eigenvalue weighted by Crippen LogP contribution is 2.03. The van der Waals surface area contributed by atoms with Gasteiger partial charge in [-0.1, -0.05) is 24.3 Å². The van der Waals surface area contributed by atoms with E-state index in [2.05, 4.69) is 25.1 Å². The van der Waals surface area contributed by atoms with Gasteiger partial charge in [-0.25, -0.2) is 0 Å². The topological polar surface area (TPSA) is 9.23 Å². The van der Waals surface area contributed by atoms with Crippen LogP contribution in [0.1, 0.15) is 12.5 Å². The maximum Gasteiger partial charge on any atom is 0.0583 e. The first-order valence-corrected chi connectivity index (χ1v) is 3.80. The van der Waals surface area contributed by atoms with E-state index in [1.165, 1.54) is 5.56 Å². The lowest BCUT2D eigenvalue weighted by atomic mass is 10.1. The molecule has 1 nitrogen and oxygen atoms in total. The summed E-state index contributed by atoms with van der Waals surface area (Å²) in [6.07, 6.45) is 1.28. The molecule has 0 aliphatic carbocycles. The molecule has 1 radical (unpaired) electrons. The number of hydrogen-bond acceptors (Lipinski definition) is 1. The molecule has 1 rings (SSSR count). The Labute approximate surface area is 68.0 Å². The number of hydrogen-bond donors (Lipinski definition) is 0. The Morgan fingerprint density at radius 2 is 2.09 bits per heavy atom. The summed E-state index contributed by atoms with van der Waals surface area (Å²) in [5, 5.41) is 0. The van der Waals surface area contributed by atoms with Gasteiger partial charge in [-0.05, 0) is 25.0 Å². The van der Waals surface area contributed by atoms with E-state index in [1.807, 2.05) is 12.1 Å². The third kappa shape index (κ3) is 2.72. The molecule has 0 aliphatic rings. The molecule has 0 saturated heterocycles. The maximum atomic E-state index is 5.14. The van der Waals surface area contributed by atoms with Crippen molar-refractivity contribution in [3.8, 4) is 0 Å². The van der Waals surface area contributed by atoms with Crippen molar-refractivity contribution < 1.29 is 4.74 Å². The Hall–Kier alpha value is -0.820. The van der Waals surface area contributed by atoms with Crippen LogP contribution in [-0.4, -0.2) is 13.2 Å². The second kappa shape index (κ2) is 4.14. The molecule has 1 aromatic carbocycles. The Kier molecular flexibility index (Phi) is 3.12. The molecule has 59 valence electrons. The van der Waals surface area contributed by atoms with Crippen LogP contribution in [0.25, 0.3) is 0 Å². The van der Waals surface area contributed by atoms with E-state index in [-0.39, 0.29) is 0 Å². The van der Waals surface area contributed by atoms with Gasteiger partial charge < -0.3 is 4.74 Å². The van der Waals surface area contributed by atoms with Crippen LogP contribution >= 0.6 is 0 Å². The molecule has 0 N–H and O–H groups in total. The number of methoxy groups -OCH3 is 1. The lowest BCUT2D eigenvalue weighted by molar-refractivity contribution is 0.119. The van der Waals surface area contributed by atoms with Crippen molar-refractivity contribution in [2.24, 2.45) is 0 Å². The zero-order valence-corrected chi connectivity index (χ0v) is 7.00. The van der Waals surface area contributed by atoms with E-state index in [1.54, 1.807) is 7.11 Å². The number of rotatable bonds is 3. The fourth-order valence-corrected chi connectivity index (χ4v) is 0.973. The van der Waals surface area contributed by atoms with E-state index >= 15 is 0 Å². The summed E-state index contributed by atoms with van der Waals surface area (Å²) in [5.74, 6) is 0. The Balaban J connectivity index is 2.51. The van der Waals surface area contributed by atoms with Crippen LogP contribution < -0.4 is 0 Å². The van der Waals surface area contributed by atoms with Crippen LogP contribution in [0, 0.1) is 6.07 Å². The lowest BCUT2D eigenvalue weighted by Gasteiger charge is -2.07. The lowest BCUT2D eigenvalue weighted by Crippen LogP contribution is -2.07. The molecule has 1 atom stereocenters. The van der Waals surface area contributed by atoms with Crippen LogP contribution in [0.3, 0.4) is 0 Å². The van der Waals surface area contributed by atoms with Gasteiger partial charge in [-0.15, -0.1) is 0 Å². The largest absolute Gasteiger partial charge is 0.381 e. The van der Waals surface area contributed by atoms with E-state index < -0.39 is 0 Å². The third-order valence-electron chi connectivity index (χ3n) is 1.71. The van der Waals surface area contributed by atoms with Crippen molar-refractivity contribution in [1.29, 1.82) is 0 Å². The Morgan fingerprint density at radius 3 is 2.64 bits per heavy atom. The summed E-state index contributed by atoms with van der Waals surface area (Å²) < 4.78 is 5.14. The van der Waals surface area contributed by atoms with E-state index in [0.29, 0.717) is 6.10 Å². The maximum absolute atomic E-state index is 5.14. The van der Waals surface area contributed by atoms with E-state index in [9.17, 15) is 0 Å². The zero-order valence-electron chi connectivity index (χ0n) is 7.00. The first-order chi connectivity index (χ1) is 5.33. The minimum absolute atomic E-state index is 0.303. The van der Waals surface area contributed by atoms with Crippen molar-refractivity contribution in [2.45, 2.75) is 19.4 Å². The normalized spacial score (nSPS) is 12.9. The van der Waals surface area contributed by atoms with Gasteiger partial charge in [0.25, 0.3) is 0 Å². The summed E-state index contributed by atoms with van der Waals surface area (Å²) in [7, 11) is 1.74. The molecule has 0 saturated carbocycles. The van der Waals surface area contributed by atoms with E-state index in [0.717, 1.165) is 6.42 Å². The minimum Gasteiger partial charge on any atom is -0.381 e. The van der Waals surface area contributed by atoms with Gasteiger partial charge in [-0.2, -0.15) is 0 Å². The quantitative estimate of drug-likeness (QED) is 0.639. The summed E-state index contributed by atoms with van der Waals surface area (Å²) in [4.78, 5) is 0. The van der Waals surface area contributed by atoms with Gasteiger partial charge in [-0.3, -0.25) is 0 Å². The molecule has 0 fully saturated rings. The van der Waals surface area contributed by atoms with Gasteiger partial charge in [0.05, 0.1) is 6.10 Å². The van der Waals surface area contributed by atoms with Crippen LogP contribution in [0.15, 0.2) is 24.3 Å². The van der Waals surface area contributed by atoms with Crippen molar-refractivity contribution in [2.75, 3.05) is 7.11 Å². The van der Waals surface area contributed by atoms with Crippen LogP contribution in [0.2, 0.25) is 0 Å². The average molecular weight is 149 g/mol. The minimum atomic E-state index is 0.303. The molecule has 1 aromatic rings. The SMILES string of the molecule is COC(C)Cc1cc[c]cc1. The van der Waals surface area contributed by atoms with Gasteiger partial charge in [0.1, 0.15) is 0 Å². The highest BCUT2D eigenvalue weighted by Gasteiger charge is 1.99. The van der Waals surface area contributed by atoms with Crippen LogP contribution in [-0.2, 0) is 11.2 Å². The molecule has 0 spiro atoms. The molecule has 0 amide bonds. The second-order valence-electron chi connectivity index (χ2n) is 2.66. The number of ether oxygens (including phenoxy) is 1. The first kappa shape index (κ1) is 8.28. The molecule has 0 bridgehead atoms. The fraction of sp³-hybridized carbons (Fsp3) is 0.400. The molecule has 0 aliphatic heterocycles. The van der Waals surface area contributed by atoms with Crippen LogP contribution in [0.4, 0.5) is 0 Å². The van der Waals surface area contributed by atoms with Gasteiger partial charge in [0.15, 0.2) is 0 Å². The molecule has 0 aromatic heterocycles. The van der Waals surface area contributed by atoms with Gasteiger partial charge >= 0.3 is 0 Å². The predicted molar refractivity (Wildman–Crippen MR) is 45.5 cm³/mol.